The van der Waals surface area contributed by atoms with E-state index < -0.39 is 0 Å². The minimum Gasteiger partial charge on any atom is -0.368 e. The van der Waals surface area contributed by atoms with Gasteiger partial charge in [0.1, 0.15) is 6.10 Å². The highest BCUT2D eigenvalue weighted by molar-refractivity contribution is 5.93. The number of hydrogen-bond donors (Lipinski definition) is 1. The maximum Gasteiger partial charge on any atom is 0.254 e. The van der Waals surface area contributed by atoms with Gasteiger partial charge >= 0.3 is 0 Å². The lowest BCUT2D eigenvalue weighted by molar-refractivity contribution is -0.124. The van der Waals surface area contributed by atoms with Gasteiger partial charge in [0, 0.05) is 18.4 Å². The summed E-state index contributed by atoms with van der Waals surface area (Å²) in [5.41, 5.74) is 2.20. The van der Waals surface area contributed by atoms with Gasteiger partial charge in [-0.2, -0.15) is 5.10 Å². The first-order valence-corrected chi connectivity index (χ1v) is 7.23. The number of carbonyl (C=O) groups excluding carboxylic acids is 1. The summed E-state index contributed by atoms with van der Waals surface area (Å²) >= 11 is 0. The number of nitrogens with one attached hydrogen (secondary N) is 1. The molecule has 0 saturated carbocycles. The van der Waals surface area contributed by atoms with Gasteiger partial charge < -0.3 is 10.1 Å². The van der Waals surface area contributed by atoms with Crippen LogP contribution in [0, 0.1) is 6.92 Å². The first kappa shape index (κ1) is 13.8. The third kappa shape index (κ3) is 3.31. The highest BCUT2D eigenvalue weighted by Gasteiger charge is 2.24. The molecule has 1 aliphatic rings. The Hall–Kier alpha value is -2.14. The molecule has 0 aliphatic carbocycles. The van der Waals surface area contributed by atoms with E-state index in [1.807, 2.05) is 35.9 Å². The molecule has 0 spiro atoms. The SMILES string of the molecule is Cc1cc(NC(=O)[C@@H]2CCCO2)nn1Cc1ccccc1. The zero-order chi connectivity index (χ0) is 14.7. The Morgan fingerprint density at radius 3 is 2.95 bits per heavy atom. The summed E-state index contributed by atoms with van der Waals surface area (Å²) in [7, 11) is 0. The molecule has 1 N–H and O–H groups in total. The van der Waals surface area contributed by atoms with Crippen molar-refractivity contribution < 1.29 is 9.53 Å². The number of hydrogen-bond acceptors (Lipinski definition) is 3. The predicted octanol–water partition coefficient (Wildman–Crippen LogP) is 2.36. The van der Waals surface area contributed by atoms with E-state index in [4.69, 9.17) is 4.74 Å². The minimum absolute atomic E-state index is 0.100. The van der Waals surface area contributed by atoms with E-state index in [9.17, 15) is 4.79 Å². The van der Waals surface area contributed by atoms with E-state index in [-0.39, 0.29) is 12.0 Å². The summed E-state index contributed by atoms with van der Waals surface area (Å²) < 4.78 is 7.26. The van der Waals surface area contributed by atoms with Crippen LogP contribution in [0.5, 0.6) is 0 Å². The summed E-state index contributed by atoms with van der Waals surface area (Å²) in [6, 6.07) is 12.0. The van der Waals surface area contributed by atoms with Crippen LogP contribution in [0.15, 0.2) is 36.4 Å². The van der Waals surface area contributed by atoms with Crippen LogP contribution in [0.4, 0.5) is 5.82 Å². The highest BCUT2D eigenvalue weighted by Crippen LogP contribution is 2.16. The lowest BCUT2D eigenvalue weighted by atomic mass is 10.2. The molecule has 1 amide bonds. The van der Waals surface area contributed by atoms with E-state index in [2.05, 4.69) is 22.5 Å². The van der Waals surface area contributed by atoms with Crippen LogP contribution in [0.1, 0.15) is 24.1 Å². The van der Waals surface area contributed by atoms with Crippen molar-refractivity contribution in [2.45, 2.75) is 32.4 Å². The van der Waals surface area contributed by atoms with Crippen molar-refractivity contribution in [3.8, 4) is 0 Å². The summed E-state index contributed by atoms with van der Waals surface area (Å²) in [5.74, 6) is 0.487. The molecule has 3 rings (SSSR count). The van der Waals surface area contributed by atoms with Crippen molar-refractivity contribution in [3.05, 3.63) is 47.7 Å². The van der Waals surface area contributed by atoms with Gasteiger partial charge in [-0.3, -0.25) is 9.48 Å². The second kappa shape index (κ2) is 6.10. The number of amides is 1. The van der Waals surface area contributed by atoms with Crippen molar-refractivity contribution in [3.63, 3.8) is 0 Å². The summed E-state index contributed by atoms with van der Waals surface area (Å²) in [6.07, 6.45) is 1.40. The molecule has 2 aromatic rings. The fourth-order valence-corrected chi connectivity index (χ4v) is 2.48. The first-order chi connectivity index (χ1) is 10.2. The average molecular weight is 285 g/mol. The monoisotopic (exact) mass is 285 g/mol. The van der Waals surface area contributed by atoms with Crippen LogP contribution in [-0.4, -0.2) is 28.4 Å². The van der Waals surface area contributed by atoms with Crippen LogP contribution >= 0.6 is 0 Å². The van der Waals surface area contributed by atoms with Crippen LogP contribution in [0.2, 0.25) is 0 Å². The van der Waals surface area contributed by atoms with Crippen molar-refractivity contribution in [2.75, 3.05) is 11.9 Å². The number of aryl methyl sites for hydroxylation is 1. The Kier molecular flexibility index (Phi) is 4.01. The second-order valence-electron chi connectivity index (χ2n) is 5.31. The van der Waals surface area contributed by atoms with E-state index >= 15 is 0 Å². The Bertz CT molecular complexity index is 616. The Balaban J connectivity index is 1.67. The number of nitrogens with zero attached hydrogens (tertiary/aromatic N) is 2. The molecule has 1 atom stereocenters. The number of anilines is 1. The predicted molar refractivity (Wildman–Crippen MR) is 80.1 cm³/mol. The quantitative estimate of drug-likeness (QED) is 0.938. The molecule has 5 heteroatoms. The van der Waals surface area contributed by atoms with E-state index in [1.165, 1.54) is 5.56 Å². The van der Waals surface area contributed by atoms with Crippen LogP contribution < -0.4 is 5.32 Å². The maximum atomic E-state index is 12.0. The topological polar surface area (TPSA) is 56.1 Å². The molecule has 21 heavy (non-hydrogen) atoms. The number of aromatic nitrogens is 2. The zero-order valence-electron chi connectivity index (χ0n) is 12.1. The molecular formula is C16H19N3O2. The number of ether oxygens (including phenoxy) is 1. The fourth-order valence-electron chi connectivity index (χ4n) is 2.48. The molecule has 1 aromatic carbocycles. The van der Waals surface area contributed by atoms with E-state index in [1.54, 1.807) is 0 Å². The molecule has 2 heterocycles. The lowest BCUT2D eigenvalue weighted by Gasteiger charge is -2.08. The van der Waals surface area contributed by atoms with Gasteiger partial charge in [0.2, 0.25) is 0 Å². The Morgan fingerprint density at radius 2 is 2.24 bits per heavy atom. The number of carbonyl (C=O) groups is 1. The normalized spacial score (nSPS) is 17.9. The highest BCUT2D eigenvalue weighted by atomic mass is 16.5. The summed E-state index contributed by atoms with van der Waals surface area (Å²) in [6.45, 7) is 3.35. The third-order valence-electron chi connectivity index (χ3n) is 3.63. The van der Waals surface area contributed by atoms with Gasteiger partial charge in [-0.15, -0.1) is 0 Å². The molecule has 0 radical (unpaired) electrons. The molecule has 5 nitrogen and oxygen atoms in total. The molecule has 0 bridgehead atoms. The summed E-state index contributed by atoms with van der Waals surface area (Å²) in [5, 5.41) is 7.28. The fraction of sp³-hybridized carbons (Fsp3) is 0.375. The van der Waals surface area contributed by atoms with Crippen LogP contribution in [-0.2, 0) is 16.1 Å². The van der Waals surface area contributed by atoms with Gasteiger partial charge in [0.25, 0.3) is 5.91 Å². The molecule has 0 unspecified atom stereocenters. The van der Waals surface area contributed by atoms with Crippen LogP contribution in [0.3, 0.4) is 0 Å². The van der Waals surface area contributed by atoms with Crippen molar-refractivity contribution in [1.29, 1.82) is 0 Å². The molecule has 1 aliphatic heterocycles. The zero-order valence-corrected chi connectivity index (χ0v) is 12.1. The Labute approximate surface area is 123 Å². The second-order valence-corrected chi connectivity index (χ2v) is 5.31. The van der Waals surface area contributed by atoms with Crippen molar-refractivity contribution >= 4 is 11.7 Å². The molecule has 110 valence electrons. The largest absolute Gasteiger partial charge is 0.368 e. The molecular weight excluding hydrogens is 266 g/mol. The lowest BCUT2D eigenvalue weighted by Crippen LogP contribution is -2.27. The van der Waals surface area contributed by atoms with E-state index in [0.717, 1.165) is 18.5 Å². The van der Waals surface area contributed by atoms with Crippen LogP contribution in [0.25, 0.3) is 0 Å². The molecule has 1 aromatic heterocycles. The average Bonchev–Trinajstić information content (AvgIpc) is 3.11. The van der Waals surface area contributed by atoms with Gasteiger partial charge in [0.05, 0.1) is 6.54 Å². The maximum absolute atomic E-state index is 12.0. The van der Waals surface area contributed by atoms with Gasteiger partial charge in [-0.1, -0.05) is 30.3 Å². The number of benzene rings is 1. The number of rotatable bonds is 4. The van der Waals surface area contributed by atoms with Gasteiger partial charge in [-0.05, 0) is 25.3 Å². The third-order valence-corrected chi connectivity index (χ3v) is 3.63. The summed E-state index contributed by atoms with van der Waals surface area (Å²) in [4.78, 5) is 12.0. The minimum atomic E-state index is -0.329. The van der Waals surface area contributed by atoms with Gasteiger partial charge in [0.15, 0.2) is 5.82 Å². The first-order valence-electron chi connectivity index (χ1n) is 7.23. The molecule has 1 saturated heterocycles. The molecule has 1 fully saturated rings. The van der Waals surface area contributed by atoms with Crippen molar-refractivity contribution in [2.24, 2.45) is 0 Å². The smallest absolute Gasteiger partial charge is 0.254 e. The van der Waals surface area contributed by atoms with Gasteiger partial charge in [-0.25, -0.2) is 0 Å². The standard InChI is InChI=1S/C16H19N3O2/c1-12-10-15(17-16(20)14-8-5-9-21-14)18-19(12)11-13-6-3-2-4-7-13/h2-4,6-7,10,14H,5,8-9,11H2,1H3,(H,17,18,20)/t14-/m0/s1. The Morgan fingerprint density at radius 1 is 1.43 bits per heavy atom. The van der Waals surface area contributed by atoms with E-state index in [0.29, 0.717) is 19.0 Å². The van der Waals surface area contributed by atoms with Crippen molar-refractivity contribution in [1.82, 2.24) is 9.78 Å².